The van der Waals surface area contributed by atoms with Crippen LogP contribution in [0.25, 0.3) is 0 Å². The maximum Gasteiger partial charge on any atom is 0.331 e. The molecule has 0 bridgehead atoms. The van der Waals surface area contributed by atoms with Crippen LogP contribution >= 0.6 is 11.6 Å². The normalized spacial score (nSPS) is 19.4. The number of carboxylic acid groups (broad SMARTS) is 1. The minimum absolute atomic E-state index is 0.00764. The third kappa shape index (κ3) is 3.00. The van der Waals surface area contributed by atoms with E-state index < -0.39 is 29.8 Å². The highest BCUT2D eigenvalue weighted by atomic mass is 35.5. The Morgan fingerprint density at radius 2 is 2.10 bits per heavy atom. The molecule has 1 saturated heterocycles. The Balaban J connectivity index is 2.32. The largest absolute Gasteiger partial charge is 0.479 e. The molecular weight excluding hydrogens is 298 g/mol. The molecule has 1 aromatic carbocycles. The molecule has 0 spiro atoms. The van der Waals surface area contributed by atoms with Crippen LogP contribution in [0, 0.1) is 5.92 Å². The predicted octanol–water partition coefficient (Wildman–Crippen LogP) is 1.49. The van der Waals surface area contributed by atoms with E-state index in [9.17, 15) is 19.5 Å². The van der Waals surface area contributed by atoms with Gasteiger partial charge in [-0.1, -0.05) is 29.8 Å². The number of aliphatic carboxylic acids is 1. The van der Waals surface area contributed by atoms with Gasteiger partial charge in [-0.25, -0.2) is 4.79 Å². The number of carbonyl (C=O) groups is 3. The topological polar surface area (TPSA) is 83.9 Å². The van der Waals surface area contributed by atoms with E-state index in [0.717, 1.165) is 4.90 Å². The lowest BCUT2D eigenvalue weighted by molar-refractivity contribution is -0.149. The van der Waals surface area contributed by atoms with E-state index in [0.29, 0.717) is 5.56 Å². The first-order valence-corrected chi connectivity index (χ1v) is 6.68. The van der Waals surface area contributed by atoms with Crippen LogP contribution in [-0.2, 0) is 19.1 Å². The lowest BCUT2D eigenvalue weighted by Gasteiger charge is -2.25. The van der Waals surface area contributed by atoms with Crippen LogP contribution in [0.5, 0.6) is 0 Å². The van der Waals surface area contributed by atoms with E-state index in [4.69, 9.17) is 11.6 Å². The summed E-state index contributed by atoms with van der Waals surface area (Å²) in [7, 11) is 1.23. The predicted molar refractivity (Wildman–Crippen MR) is 73.7 cm³/mol. The van der Waals surface area contributed by atoms with Crippen LogP contribution in [0.4, 0.5) is 0 Å². The van der Waals surface area contributed by atoms with Crippen molar-refractivity contribution >= 4 is 29.4 Å². The van der Waals surface area contributed by atoms with Gasteiger partial charge in [0.15, 0.2) is 6.04 Å². The molecule has 2 atom stereocenters. The molecule has 0 aromatic heterocycles. The van der Waals surface area contributed by atoms with E-state index in [2.05, 4.69) is 4.74 Å². The van der Waals surface area contributed by atoms with Crippen LogP contribution in [0.1, 0.15) is 18.0 Å². The van der Waals surface area contributed by atoms with Crippen LogP contribution in [0.15, 0.2) is 24.3 Å². The summed E-state index contributed by atoms with van der Waals surface area (Å²) in [6.45, 7) is 0.00764. The number of nitrogens with zero attached hydrogens (tertiary/aromatic N) is 1. The van der Waals surface area contributed by atoms with E-state index in [1.165, 1.54) is 7.11 Å². The van der Waals surface area contributed by atoms with Gasteiger partial charge in [0.05, 0.1) is 13.0 Å². The lowest BCUT2D eigenvalue weighted by Crippen LogP contribution is -2.36. The number of hydrogen-bond donors (Lipinski definition) is 1. The standard InChI is InChI=1S/C14H14ClNO5/c1-21-14(20)8-6-11(17)16(7-8)12(13(18)19)9-4-2-3-5-10(9)15/h2-5,8,12H,6-7H2,1H3,(H,18,19)/t8?,12-/m1/s1. The van der Waals surface area contributed by atoms with Crippen molar-refractivity contribution in [3.8, 4) is 0 Å². The second-order valence-electron chi connectivity index (χ2n) is 4.73. The Hall–Kier alpha value is -2.08. The summed E-state index contributed by atoms with van der Waals surface area (Å²) < 4.78 is 4.61. The van der Waals surface area contributed by atoms with Crippen molar-refractivity contribution in [2.75, 3.05) is 13.7 Å². The summed E-state index contributed by atoms with van der Waals surface area (Å²) in [6, 6.07) is 5.23. The van der Waals surface area contributed by atoms with Crippen LogP contribution < -0.4 is 0 Å². The summed E-state index contributed by atoms with van der Waals surface area (Å²) in [6.07, 6.45) is -0.0547. The number of ether oxygens (including phenoxy) is 1. The summed E-state index contributed by atoms with van der Waals surface area (Å²) in [5.41, 5.74) is 0.325. The van der Waals surface area contributed by atoms with E-state index >= 15 is 0 Å². The number of rotatable bonds is 4. The molecule has 1 amide bonds. The quantitative estimate of drug-likeness (QED) is 0.852. The highest BCUT2D eigenvalue weighted by Crippen LogP contribution is 2.33. The molecule has 0 radical (unpaired) electrons. The molecule has 21 heavy (non-hydrogen) atoms. The highest BCUT2D eigenvalue weighted by molar-refractivity contribution is 6.31. The minimum Gasteiger partial charge on any atom is -0.479 e. The second kappa shape index (κ2) is 6.13. The van der Waals surface area contributed by atoms with Crippen LogP contribution in [-0.4, -0.2) is 41.5 Å². The average Bonchev–Trinajstić information content (AvgIpc) is 2.82. The van der Waals surface area contributed by atoms with E-state index in [-0.39, 0.29) is 18.0 Å². The molecule has 1 fully saturated rings. The van der Waals surface area contributed by atoms with Gasteiger partial charge in [-0.2, -0.15) is 0 Å². The van der Waals surface area contributed by atoms with Gasteiger partial charge >= 0.3 is 11.9 Å². The van der Waals surface area contributed by atoms with Crippen molar-refractivity contribution in [1.82, 2.24) is 4.90 Å². The molecule has 2 rings (SSSR count). The first-order valence-electron chi connectivity index (χ1n) is 6.30. The van der Waals surface area contributed by atoms with Crippen molar-refractivity contribution in [3.05, 3.63) is 34.9 Å². The summed E-state index contributed by atoms with van der Waals surface area (Å²) >= 11 is 6.02. The maximum absolute atomic E-state index is 12.0. The van der Waals surface area contributed by atoms with Crippen molar-refractivity contribution in [1.29, 1.82) is 0 Å². The zero-order valence-corrected chi connectivity index (χ0v) is 12.0. The van der Waals surface area contributed by atoms with Crippen LogP contribution in [0.2, 0.25) is 5.02 Å². The third-order valence-electron chi connectivity index (χ3n) is 3.44. The monoisotopic (exact) mass is 311 g/mol. The number of carbonyl (C=O) groups excluding carboxylic acids is 2. The van der Waals surface area contributed by atoms with Gasteiger partial charge in [0.2, 0.25) is 5.91 Å². The molecule has 1 heterocycles. The second-order valence-corrected chi connectivity index (χ2v) is 5.14. The molecule has 6 nitrogen and oxygen atoms in total. The molecule has 1 N–H and O–H groups in total. The van der Waals surface area contributed by atoms with Crippen molar-refractivity contribution in [2.45, 2.75) is 12.5 Å². The first-order chi connectivity index (χ1) is 9.95. The molecule has 112 valence electrons. The molecular formula is C14H14ClNO5. The first kappa shape index (κ1) is 15.3. The van der Waals surface area contributed by atoms with Crippen molar-refractivity contribution in [2.24, 2.45) is 5.92 Å². The molecule has 0 aliphatic carbocycles. The Labute approximate surface area is 126 Å². The zero-order chi connectivity index (χ0) is 15.6. The number of halogens is 1. The number of methoxy groups -OCH3 is 1. The van der Waals surface area contributed by atoms with E-state index in [1.807, 2.05) is 0 Å². The molecule has 1 aliphatic rings. The fraction of sp³-hybridized carbons (Fsp3) is 0.357. The molecule has 7 heteroatoms. The SMILES string of the molecule is COC(=O)C1CC(=O)N([C@@H](C(=O)O)c2ccccc2Cl)C1. The van der Waals surface area contributed by atoms with Gasteiger partial charge in [0.1, 0.15) is 0 Å². The Bertz CT molecular complexity index is 588. The van der Waals surface area contributed by atoms with E-state index in [1.54, 1.807) is 24.3 Å². The number of likely N-dealkylation sites (tertiary alicyclic amines) is 1. The van der Waals surface area contributed by atoms with Gasteiger partial charge in [-0.3, -0.25) is 9.59 Å². The van der Waals surface area contributed by atoms with Gasteiger partial charge in [0, 0.05) is 23.6 Å². The summed E-state index contributed by atoms with van der Waals surface area (Å²) in [5, 5.41) is 9.71. The smallest absolute Gasteiger partial charge is 0.331 e. The fourth-order valence-corrected chi connectivity index (χ4v) is 2.68. The average molecular weight is 312 g/mol. The van der Waals surface area contributed by atoms with Crippen molar-refractivity contribution in [3.63, 3.8) is 0 Å². The summed E-state index contributed by atoms with van der Waals surface area (Å²) in [5.74, 6) is -2.76. The van der Waals surface area contributed by atoms with Gasteiger partial charge in [-0.15, -0.1) is 0 Å². The highest BCUT2D eigenvalue weighted by Gasteiger charge is 2.42. The number of hydrogen-bond acceptors (Lipinski definition) is 4. The Kier molecular flexibility index (Phi) is 4.47. The Morgan fingerprint density at radius 1 is 1.43 bits per heavy atom. The molecule has 0 saturated carbocycles. The van der Waals surface area contributed by atoms with Gasteiger partial charge < -0.3 is 14.7 Å². The number of amides is 1. The Morgan fingerprint density at radius 3 is 2.67 bits per heavy atom. The summed E-state index contributed by atoms with van der Waals surface area (Å²) in [4.78, 5) is 36.3. The molecule has 1 aromatic rings. The zero-order valence-electron chi connectivity index (χ0n) is 11.3. The maximum atomic E-state index is 12.0. The van der Waals surface area contributed by atoms with Gasteiger partial charge in [-0.05, 0) is 6.07 Å². The van der Waals surface area contributed by atoms with Crippen molar-refractivity contribution < 1.29 is 24.2 Å². The minimum atomic E-state index is -1.21. The molecule has 1 unspecified atom stereocenters. The number of esters is 1. The third-order valence-corrected chi connectivity index (χ3v) is 3.78. The fourth-order valence-electron chi connectivity index (χ4n) is 2.44. The van der Waals surface area contributed by atoms with Gasteiger partial charge in [0.25, 0.3) is 0 Å². The number of benzene rings is 1. The van der Waals surface area contributed by atoms with Crippen LogP contribution in [0.3, 0.4) is 0 Å². The lowest BCUT2D eigenvalue weighted by atomic mass is 10.1. The number of carboxylic acids is 1. The molecule has 1 aliphatic heterocycles.